The molecule has 0 aliphatic heterocycles. The van der Waals surface area contributed by atoms with Gasteiger partial charge in [0, 0.05) is 44.0 Å². The van der Waals surface area contributed by atoms with Crippen molar-refractivity contribution in [1.82, 2.24) is 15.3 Å². The summed E-state index contributed by atoms with van der Waals surface area (Å²) in [4.78, 5) is 9.20. The van der Waals surface area contributed by atoms with Crippen molar-refractivity contribution in [3.63, 3.8) is 0 Å². The largest absolute Gasteiger partial charge is 0.383 e. The zero-order valence-corrected chi connectivity index (χ0v) is 20.1. The summed E-state index contributed by atoms with van der Waals surface area (Å²) in [6, 6.07) is 15.2. The van der Waals surface area contributed by atoms with Crippen LogP contribution in [-0.4, -0.2) is 42.3 Å². The van der Waals surface area contributed by atoms with Crippen molar-refractivity contribution in [2.24, 2.45) is 0 Å². The third kappa shape index (κ3) is 6.88. The van der Waals surface area contributed by atoms with Gasteiger partial charge >= 0.3 is 0 Å². The molecule has 1 aliphatic carbocycles. The molecule has 1 fully saturated rings. The molecule has 180 valence electrons. The fourth-order valence-electron chi connectivity index (χ4n) is 4.25. The molecule has 3 aromatic rings. The van der Waals surface area contributed by atoms with E-state index in [1.54, 1.807) is 19.4 Å². The zero-order chi connectivity index (χ0) is 23.8. The van der Waals surface area contributed by atoms with Crippen LogP contribution in [0.5, 0.6) is 0 Å². The van der Waals surface area contributed by atoms with Crippen LogP contribution < -0.4 is 16.0 Å². The molecule has 0 bridgehead atoms. The molecule has 0 unspecified atom stereocenters. The Morgan fingerprint density at radius 3 is 2.62 bits per heavy atom. The number of benzene rings is 1. The molecule has 0 spiro atoms. The number of methoxy groups -OCH3 is 1. The summed E-state index contributed by atoms with van der Waals surface area (Å²) in [6.45, 7) is 2.11. The predicted molar refractivity (Wildman–Crippen MR) is 136 cm³/mol. The number of pyridine rings is 2. The van der Waals surface area contributed by atoms with E-state index in [-0.39, 0.29) is 5.82 Å². The number of aromatic nitrogens is 2. The van der Waals surface area contributed by atoms with Gasteiger partial charge in [0.15, 0.2) is 0 Å². The van der Waals surface area contributed by atoms with E-state index >= 15 is 0 Å². The summed E-state index contributed by atoms with van der Waals surface area (Å²) in [5.74, 6) is 1.25. The van der Waals surface area contributed by atoms with Gasteiger partial charge in [-0.05, 0) is 61.6 Å². The average molecular weight is 484 g/mol. The second-order valence-electron chi connectivity index (χ2n) is 8.58. The van der Waals surface area contributed by atoms with E-state index in [1.807, 2.05) is 30.3 Å². The lowest BCUT2D eigenvalue weighted by molar-refractivity contribution is 0.191. The van der Waals surface area contributed by atoms with Gasteiger partial charge in [-0.25, -0.2) is 14.4 Å². The van der Waals surface area contributed by atoms with Crippen molar-refractivity contribution in [2.75, 3.05) is 30.9 Å². The maximum atomic E-state index is 13.4. The number of hydrogen-bond acceptors (Lipinski definition) is 6. The molecule has 0 radical (unpaired) electrons. The van der Waals surface area contributed by atoms with Gasteiger partial charge in [0.25, 0.3) is 0 Å². The first kappa shape index (κ1) is 24.4. The average Bonchev–Trinajstić information content (AvgIpc) is 2.85. The molecule has 2 heterocycles. The Morgan fingerprint density at radius 2 is 1.82 bits per heavy atom. The minimum Gasteiger partial charge on any atom is -0.383 e. The van der Waals surface area contributed by atoms with Crippen LogP contribution in [0.15, 0.2) is 54.7 Å². The standard InChI is InChI=1S/C26H31ClFN5O/c1-34-13-12-29-20-8-10-21(11-9-20)32-26-15-22(23(27)17-31-26)24-6-3-7-25(33-24)30-16-18-4-2-5-19(28)14-18/h2-7,14-15,17,20-21,29H,8-13,16H2,1H3,(H,30,33)(H,31,32)/t20-,21-. The molecule has 0 atom stereocenters. The maximum absolute atomic E-state index is 13.4. The van der Waals surface area contributed by atoms with Gasteiger partial charge in [0.2, 0.25) is 0 Å². The van der Waals surface area contributed by atoms with Crippen LogP contribution in [0.3, 0.4) is 0 Å². The van der Waals surface area contributed by atoms with Crippen molar-refractivity contribution in [2.45, 2.75) is 44.3 Å². The Balaban J connectivity index is 1.38. The Labute approximate surface area is 205 Å². The maximum Gasteiger partial charge on any atom is 0.126 e. The SMILES string of the molecule is COCCN[C@H]1CC[C@H](Nc2cc(-c3cccc(NCc4cccc(F)c4)n3)c(Cl)cn2)CC1. The zero-order valence-electron chi connectivity index (χ0n) is 19.4. The summed E-state index contributed by atoms with van der Waals surface area (Å²) in [6.07, 6.45) is 6.10. The molecule has 1 saturated carbocycles. The predicted octanol–water partition coefficient (Wildman–Crippen LogP) is 5.51. The Morgan fingerprint density at radius 1 is 1.03 bits per heavy atom. The Bertz CT molecular complexity index is 1070. The van der Waals surface area contributed by atoms with E-state index in [1.165, 1.54) is 12.1 Å². The second kappa shape index (κ2) is 12.1. The minimum absolute atomic E-state index is 0.250. The monoisotopic (exact) mass is 483 g/mol. The van der Waals surface area contributed by atoms with Crippen molar-refractivity contribution in [3.05, 3.63) is 71.1 Å². The molecule has 3 N–H and O–H groups in total. The van der Waals surface area contributed by atoms with E-state index in [4.69, 9.17) is 21.3 Å². The van der Waals surface area contributed by atoms with Crippen LogP contribution >= 0.6 is 11.6 Å². The van der Waals surface area contributed by atoms with Crippen molar-refractivity contribution < 1.29 is 9.13 Å². The lowest BCUT2D eigenvalue weighted by atomic mass is 9.91. The van der Waals surface area contributed by atoms with Gasteiger partial charge in [-0.15, -0.1) is 0 Å². The smallest absolute Gasteiger partial charge is 0.126 e. The summed E-state index contributed by atoms with van der Waals surface area (Å²) < 4.78 is 18.6. The number of halogens is 2. The first-order valence-electron chi connectivity index (χ1n) is 11.7. The van der Waals surface area contributed by atoms with Crippen molar-refractivity contribution in [3.8, 4) is 11.3 Å². The van der Waals surface area contributed by atoms with Gasteiger partial charge in [0.05, 0.1) is 17.3 Å². The van der Waals surface area contributed by atoms with E-state index in [0.717, 1.165) is 61.5 Å². The van der Waals surface area contributed by atoms with Gasteiger partial charge in [-0.3, -0.25) is 0 Å². The number of rotatable bonds is 10. The molecular formula is C26H31ClFN5O. The van der Waals surface area contributed by atoms with E-state index in [0.29, 0.717) is 29.5 Å². The number of ether oxygens (including phenoxy) is 1. The quantitative estimate of drug-likeness (QED) is 0.330. The molecule has 1 aromatic carbocycles. The summed E-state index contributed by atoms with van der Waals surface area (Å²) in [5, 5.41) is 10.9. The molecule has 8 heteroatoms. The summed E-state index contributed by atoms with van der Waals surface area (Å²) in [5.41, 5.74) is 2.43. The van der Waals surface area contributed by atoms with Crippen LogP contribution in [0.1, 0.15) is 31.2 Å². The van der Waals surface area contributed by atoms with Crippen LogP contribution in [0.2, 0.25) is 5.02 Å². The molecule has 6 nitrogen and oxygen atoms in total. The van der Waals surface area contributed by atoms with E-state index in [2.05, 4.69) is 20.9 Å². The van der Waals surface area contributed by atoms with E-state index < -0.39 is 0 Å². The van der Waals surface area contributed by atoms with Crippen molar-refractivity contribution in [1.29, 1.82) is 0 Å². The highest BCUT2D eigenvalue weighted by molar-refractivity contribution is 6.33. The van der Waals surface area contributed by atoms with Gasteiger partial charge in [-0.2, -0.15) is 0 Å². The second-order valence-corrected chi connectivity index (χ2v) is 8.99. The summed E-state index contributed by atoms with van der Waals surface area (Å²) in [7, 11) is 1.73. The third-order valence-corrected chi connectivity index (χ3v) is 6.36. The third-order valence-electron chi connectivity index (χ3n) is 6.06. The number of nitrogens with zero attached hydrogens (tertiary/aromatic N) is 2. The molecule has 1 aliphatic rings. The highest BCUT2D eigenvalue weighted by Crippen LogP contribution is 2.30. The van der Waals surface area contributed by atoms with Crippen LogP contribution in [0, 0.1) is 5.82 Å². The Hall–Kier alpha value is -2.74. The molecule has 34 heavy (non-hydrogen) atoms. The van der Waals surface area contributed by atoms with Crippen molar-refractivity contribution >= 4 is 23.2 Å². The summed E-state index contributed by atoms with van der Waals surface area (Å²) >= 11 is 6.48. The van der Waals surface area contributed by atoms with Gasteiger partial charge in [-0.1, -0.05) is 29.8 Å². The van der Waals surface area contributed by atoms with Crippen LogP contribution in [0.25, 0.3) is 11.3 Å². The number of anilines is 2. The molecular weight excluding hydrogens is 453 g/mol. The first-order valence-corrected chi connectivity index (χ1v) is 12.1. The highest BCUT2D eigenvalue weighted by Gasteiger charge is 2.21. The topological polar surface area (TPSA) is 71.1 Å². The lowest BCUT2D eigenvalue weighted by Crippen LogP contribution is -2.38. The van der Waals surface area contributed by atoms with Crippen LogP contribution in [0.4, 0.5) is 16.0 Å². The van der Waals surface area contributed by atoms with Crippen LogP contribution in [-0.2, 0) is 11.3 Å². The molecule has 2 aromatic heterocycles. The number of hydrogen-bond donors (Lipinski definition) is 3. The van der Waals surface area contributed by atoms with Gasteiger partial charge in [0.1, 0.15) is 17.5 Å². The normalized spacial score (nSPS) is 18.0. The molecule has 0 saturated heterocycles. The fourth-order valence-corrected chi connectivity index (χ4v) is 4.45. The van der Waals surface area contributed by atoms with E-state index in [9.17, 15) is 4.39 Å². The first-order chi connectivity index (χ1) is 16.6. The van der Waals surface area contributed by atoms with Gasteiger partial charge < -0.3 is 20.7 Å². The minimum atomic E-state index is -0.250. The highest BCUT2D eigenvalue weighted by atomic mass is 35.5. The number of nitrogens with one attached hydrogen (secondary N) is 3. The fraction of sp³-hybridized carbons (Fsp3) is 0.385. The Kier molecular flexibility index (Phi) is 8.68. The lowest BCUT2D eigenvalue weighted by Gasteiger charge is -2.30. The molecule has 4 rings (SSSR count). The molecule has 0 amide bonds.